The molecule has 5 heteroatoms. The highest BCUT2D eigenvalue weighted by atomic mass is 16.5. The zero-order valence-electron chi connectivity index (χ0n) is 10.4. The fourth-order valence-electron chi connectivity index (χ4n) is 2.19. The molecule has 0 aliphatic carbocycles. The van der Waals surface area contributed by atoms with Gasteiger partial charge in [-0.2, -0.15) is 0 Å². The number of aromatic nitrogens is 2. The zero-order chi connectivity index (χ0) is 13.1. The summed E-state index contributed by atoms with van der Waals surface area (Å²) in [5.74, 6) is -0.0701. The molecule has 0 radical (unpaired) electrons. The fourth-order valence-corrected chi connectivity index (χ4v) is 2.19. The summed E-state index contributed by atoms with van der Waals surface area (Å²) in [6.45, 7) is 0.673. The molecule has 1 saturated heterocycles. The van der Waals surface area contributed by atoms with E-state index in [0.29, 0.717) is 6.61 Å². The second-order valence-electron chi connectivity index (χ2n) is 4.54. The average molecular weight is 257 g/mol. The van der Waals surface area contributed by atoms with Crippen LogP contribution in [0.5, 0.6) is 0 Å². The first-order chi connectivity index (χ1) is 9.33. The van der Waals surface area contributed by atoms with E-state index < -0.39 is 0 Å². The van der Waals surface area contributed by atoms with E-state index in [1.54, 1.807) is 12.5 Å². The Morgan fingerprint density at radius 2 is 2.42 bits per heavy atom. The molecule has 1 aliphatic heterocycles. The summed E-state index contributed by atoms with van der Waals surface area (Å²) in [4.78, 5) is 19.0. The number of hydrogen-bond acceptors (Lipinski definition) is 3. The molecule has 1 fully saturated rings. The van der Waals surface area contributed by atoms with E-state index in [2.05, 4.69) is 15.3 Å². The van der Waals surface area contributed by atoms with E-state index in [9.17, 15) is 4.79 Å². The van der Waals surface area contributed by atoms with Gasteiger partial charge in [0.2, 0.25) is 0 Å². The van der Waals surface area contributed by atoms with Gasteiger partial charge in [-0.05, 0) is 25.0 Å². The van der Waals surface area contributed by atoms with Crippen molar-refractivity contribution < 1.29 is 9.53 Å². The molecule has 2 N–H and O–H groups in total. The third kappa shape index (κ3) is 2.66. The molecular weight excluding hydrogens is 242 g/mol. The van der Waals surface area contributed by atoms with Gasteiger partial charge in [0.25, 0.3) is 5.91 Å². The number of imidazole rings is 1. The van der Waals surface area contributed by atoms with Crippen molar-refractivity contribution in [3.8, 4) is 11.3 Å². The molecule has 2 heterocycles. The Balaban J connectivity index is 1.74. The van der Waals surface area contributed by atoms with Crippen LogP contribution in [0.4, 0.5) is 5.69 Å². The van der Waals surface area contributed by atoms with Gasteiger partial charge in [0, 0.05) is 17.9 Å². The summed E-state index contributed by atoms with van der Waals surface area (Å²) in [6.07, 6.45) is 4.82. The van der Waals surface area contributed by atoms with E-state index in [1.165, 1.54) is 0 Å². The Morgan fingerprint density at radius 3 is 3.16 bits per heavy atom. The quantitative estimate of drug-likeness (QED) is 0.885. The number of nitrogens with zero attached hydrogens (tertiary/aromatic N) is 1. The lowest BCUT2D eigenvalue weighted by molar-refractivity contribution is -0.124. The van der Waals surface area contributed by atoms with Crippen molar-refractivity contribution in [3.63, 3.8) is 0 Å². The topological polar surface area (TPSA) is 67.0 Å². The van der Waals surface area contributed by atoms with Gasteiger partial charge < -0.3 is 15.0 Å². The predicted octanol–water partition coefficient (Wildman–Crippen LogP) is 2.19. The van der Waals surface area contributed by atoms with Crippen molar-refractivity contribution in [2.24, 2.45) is 0 Å². The number of carbonyl (C=O) groups excluding carboxylic acids is 1. The van der Waals surface area contributed by atoms with Crippen LogP contribution in [-0.2, 0) is 9.53 Å². The summed E-state index contributed by atoms with van der Waals surface area (Å²) >= 11 is 0. The smallest absolute Gasteiger partial charge is 0.253 e. The number of aromatic amines is 1. The summed E-state index contributed by atoms with van der Waals surface area (Å²) in [7, 11) is 0. The average Bonchev–Trinajstić information content (AvgIpc) is 3.13. The highest BCUT2D eigenvalue weighted by molar-refractivity contribution is 5.94. The molecule has 3 rings (SSSR count). The summed E-state index contributed by atoms with van der Waals surface area (Å²) in [5, 5.41) is 2.89. The Morgan fingerprint density at radius 1 is 1.47 bits per heavy atom. The molecule has 19 heavy (non-hydrogen) atoms. The Hall–Kier alpha value is -2.14. The molecule has 1 aliphatic rings. The van der Waals surface area contributed by atoms with Crippen molar-refractivity contribution in [1.29, 1.82) is 0 Å². The van der Waals surface area contributed by atoms with E-state index in [-0.39, 0.29) is 12.0 Å². The van der Waals surface area contributed by atoms with Crippen LogP contribution in [0.15, 0.2) is 36.8 Å². The Bertz CT molecular complexity index is 560. The Labute approximate surface area is 111 Å². The van der Waals surface area contributed by atoms with Gasteiger partial charge in [0.05, 0.1) is 18.2 Å². The number of nitrogens with one attached hydrogen (secondary N) is 2. The van der Waals surface area contributed by atoms with Crippen LogP contribution < -0.4 is 5.32 Å². The van der Waals surface area contributed by atoms with Crippen molar-refractivity contribution in [3.05, 3.63) is 36.8 Å². The second-order valence-corrected chi connectivity index (χ2v) is 4.54. The summed E-state index contributed by atoms with van der Waals surface area (Å²) < 4.78 is 5.36. The van der Waals surface area contributed by atoms with Crippen LogP contribution in [0, 0.1) is 0 Å². The van der Waals surface area contributed by atoms with Crippen molar-refractivity contribution in [1.82, 2.24) is 9.97 Å². The maximum Gasteiger partial charge on any atom is 0.253 e. The summed E-state index contributed by atoms with van der Waals surface area (Å²) in [5.41, 5.74) is 2.68. The summed E-state index contributed by atoms with van der Waals surface area (Å²) in [6, 6.07) is 7.66. The number of benzene rings is 1. The first-order valence-electron chi connectivity index (χ1n) is 6.34. The maximum atomic E-state index is 12.0. The molecule has 1 atom stereocenters. The van der Waals surface area contributed by atoms with Crippen molar-refractivity contribution in [2.75, 3.05) is 11.9 Å². The van der Waals surface area contributed by atoms with Crippen LogP contribution in [-0.4, -0.2) is 28.6 Å². The molecule has 1 aromatic heterocycles. The predicted molar refractivity (Wildman–Crippen MR) is 71.6 cm³/mol. The lowest BCUT2D eigenvalue weighted by Crippen LogP contribution is -2.26. The molecule has 0 saturated carbocycles. The van der Waals surface area contributed by atoms with Gasteiger partial charge >= 0.3 is 0 Å². The molecule has 0 bridgehead atoms. The molecular formula is C14H15N3O2. The van der Waals surface area contributed by atoms with Gasteiger partial charge in [-0.1, -0.05) is 12.1 Å². The van der Waals surface area contributed by atoms with E-state index in [1.807, 2.05) is 24.3 Å². The normalized spacial score (nSPS) is 18.4. The minimum absolute atomic E-state index is 0.0701. The van der Waals surface area contributed by atoms with Crippen molar-refractivity contribution >= 4 is 11.6 Å². The van der Waals surface area contributed by atoms with Gasteiger partial charge in [-0.15, -0.1) is 0 Å². The monoisotopic (exact) mass is 257 g/mol. The van der Waals surface area contributed by atoms with E-state index in [0.717, 1.165) is 29.8 Å². The lowest BCUT2D eigenvalue weighted by atomic mass is 10.1. The van der Waals surface area contributed by atoms with E-state index in [4.69, 9.17) is 4.74 Å². The molecule has 1 unspecified atom stereocenters. The molecule has 2 aromatic rings. The molecule has 5 nitrogen and oxygen atoms in total. The fraction of sp³-hybridized carbons (Fsp3) is 0.286. The number of carbonyl (C=O) groups is 1. The SMILES string of the molecule is O=C(Nc1cccc(-c2cnc[nH]2)c1)C1CCCO1. The van der Waals surface area contributed by atoms with Crippen molar-refractivity contribution in [2.45, 2.75) is 18.9 Å². The van der Waals surface area contributed by atoms with Gasteiger partial charge in [-0.25, -0.2) is 4.98 Å². The van der Waals surface area contributed by atoms with Gasteiger partial charge in [0.15, 0.2) is 0 Å². The highest BCUT2D eigenvalue weighted by Crippen LogP contribution is 2.21. The number of amides is 1. The molecule has 1 aromatic carbocycles. The second kappa shape index (κ2) is 5.24. The number of rotatable bonds is 3. The van der Waals surface area contributed by atoms with Crippen LogP contribution >= 0.6 is 0 Å². The first kappa shape index (κ1) is 11.9. The maximum absolute atomic E-state index is 12.0. The Kier molecular flexibility index (Phi) is 3.29. The largest absolute Gasteiger partial charge is 0.368 e. The van der Waals surface area contributed by atoms with Gasteiger partial charge in [0.1, 0.15) is 6.10 Å². The third-order valence-corrected chi connectivity index (χ3v) is 3.16. The number of ether oxygens (including phenoxy) is 1. The molecule has 98 valence electrons. The first-order valence-corrected chi connectivity index (χ1v) is 6.34. The standard InChI is InChI=1S/C14H15N3O2/c18-14(13-5-2-6-19-13)17-11-4-1-3-10(7-11)12-8-15-9-16-12/h1,3-4,7-9,13H,2,5-6H2,(H,15,16)(H,17,18). The minimum atomic E-state index is -0.309. The number of H-pyrrole nitrogens is 1. The third-order valence-electron chi connectivity index (χ3n) is 3.16. The molecule has 1 amide bonds. The molecule has 0 spiro atoms. The number of anilines is 1. The van der Waals surface area contributed by atoms with Gasteiger partial charge in [-0.3, -0.25) is 4.79 Å². The minimum Gasteiger partial charge on any atom is -0.368 e. The van der Waals surface area contributed by atoms with Crippen LogP contribution in [0.2, 0.25) is 0 Å². The van der Waals surface area contributed by atoms with Crippen LogP contribution in [0.1, 0.15) is 12.8 Å². The number of hydrogen-bond donors (Lipinski definition) is 2. The van der Waals surface area contributed by atoms with E-state index >= 15 is 0 Å². The van der Waals surface area contributed by atoms with Crippen LogP contribution in [0.25, 0.3) is 11.3 Å². The highest BCUT2D eigenvalue weighted by Gasteiger charge is 2.23. The lowest BCUT2D eigenvalue weighted by Gasteiger charge is -2.11. The zero-order valence-corrected chi connectivity index (χ0v) is 10.4. The van der Waals surface area contributed by atoms with Crippen LogP contribution in [0.3, 0.4) is 0 Å².